The molecule has 0 radical (unpaired) electrons. The summed E-state index contributed by atoms with van der Waals surface area (Å²) in [4.78, 5) is 26.3. The zero-order valence-electron chi connectivity index (χ0n) is 12.3. The lowest BCUT2D eigenvalue weighted by molar-refractivity contribution is -0.132. The summed E-state index contributed by atoms with van der Waals surface area (Å²) in [6.45, 7) is 1.82. The minimum absolute atomic E-state index is 0.0986. The first kappa shape index (κ1) is 13.6. The molecule has 3 aliphatic heterocycles. The molecular formula is C16H19N3O3. The van der Waals surface area contributed by atoms with Gasteiger partial charge >= 0.3 is 6.03 Å². The van der Waals surface area contributed by atoms with Crippen LogP contribution in [0.25, 0.3) is 0 Å². The first-order valence-corrected chi connectivity index (χ1v) is 7.77. The SMILES string of the molecule is O=C1NC2(CCNCC2)C(=O)N1C[C@@H]1Cc2ccccc2O1. The number of urea groups is 1. The third-order valence-corrected chi connectivity index (χ3v) is 4.80. The van der Waals surface area contributed by atoms with Crippen LogP contribution in [0.2, 0.25) is 0 Å². The molecule has 2 saturated heterocycles. The van der Waals surface area contributed by atoms with Crippen molar-refractivity contribution >= 4 is 11.9 Å². The Kier molecular flexibility index (Phi) is 3.07. The van der Waals surface area contributed by atoms with Gasteiger partial charge in [-0.25, -0.2) is 4.79 Å². The van der Waals surface area contributed by atoms with E-state index < -0.39 is 5.54 Å². The second-order valence-electron chi connectivity index (χ2n) is 6.23. The molecule has 0 saturated carbocycles. The quantitative estimate of drug-likeness (QED) is 0.788. The van der Waals surface area contributed by atoms with Crippen LogP contribution in [0.4, 0.5) is 4.79 Å². The van der Waals surface area contributed by atoms with Gasteiger partial charge in [0, 0.05) is 6.42 Å². The Bertz CT molecular complexity index is 600. The number of amides is 3. The molecule has 2 N–H and O–H groups in total. The first-order chi connectivity index (χ1) is 10.7. The number of benzene rings is 1. The number of nitrogens with one attached hydrogen (secondary N) is 2. The third-order valence-electron chi connectivity index (χ3n) is 4.80. The van der Waals surface area contributed by atoms with E-state index in [9.17, 15) is 9.59 Å². The van der Waals surface area contributed by atoms with Gasteiger partial charge < -0.3 is 15.4 Å². The number of para-hydroxylation sites is 1. The van der Waals surface area contributed by atoms with Gasteiger partial charge in [-0.15, -0.1) is 0 Å². The fraction of sp³-hybridized carbons (Fsp3) is 0.500. The molecule has 1 spiro atoms. The molecular weight excluding hydrogens is 282 g/mol. The van der Waals surface area contributed by atoms with Crippen molar-refractivity contribution < 1.29 is 14.3 Å². The molecule has 1 aromatic carbocycles. The van der Waals surface area contributed by atoms with Gasteiger partial charge in [0.25, 0.3) is 5.91 Å². The van der Waals surface area contributed by atoms with Crippen molar-refractivity contribution in [2.45, 2.75) is 30.9 Å². The Morgan fingerprint density at radius 1 is 1.23 bits per heavy atom. The van der Waals surface area contributed by atoms with Crippen LogP contribution >= 0.6 is 0 Å². The average Bonchev–Trinajstić information content (AvgIpc) is 3.03. The summed E-state index contributed by atoms with van der Waals surface area (Å²) in [5.74, 6) is 0.759. The highest BCUT2D eigenvalue weighted by Crippen LogP contribution is 2.31. The van der Waals surface area contributed by atoms with Crippen LogP contribution in [0.15, 0.2) is 24.3 Å². The normalized spacial score (nSPS) is 26.0. The van der Waals surface area contributed by atoms with Gasteiger partial charge in [-0.2, -0.15) is 0 Å². The summed E-state index contributed by atoms with van der Waals surface area (Å²) in [6, 6.07) is 7.57. The minimum atomic E-state index is -0.701. The average molecular weight is 301 g/mol. The van der Waals surface area contributed by atoms with E-state index in [1.54, 1.807) is 0 Å². The Morgan fingerprint density at radius 2 is 2.00 bits per heavy atom. The fourth-order valence-electron chi connectivity index (χ4n) is 3.59. The predicted molar refractivity (Wildman–Crippen MR) is 79.6 cm³/mol. The lowest BCUT2D eigenvalue weighted by atomic mass is 9.88. The van der Waals surface area contributed by atoms with Gasteiger partial charge in [0.05, 0.1) is 6.54 Å². The van der Waals surface area contributed by atoms with Crippen molar-refractivity contribution in [3.63, 3.8) is 0 Å². The lowest BCUT2D eigenvalue weighted by Crippen LogP contribution is -2.54. The number of nitrogens with zero attached hydrogens (tertiary/aromatic N) is 1. The number of piperidine rings is 1. The van der Waals surface area contributed by atoms with Gasteiger partial charge in [0.1, 0.15) is 17.4 Å². The minimum Gasteiger partial charge on any atom is -0.488 e. The summed E-state index contributed by atoms with van der Waals surface area (Å²) >= 11 is 0. The molecule has 3 heterocycles. The lowest BCUT2D eigenvalue weighted by Gasteiger charge is -2.31. The van der Waals surface area contributed by atoms with Crippen LogP contribution in [-0.4, -0.2) is 48.1 Å². The zero-order chi connectivity index (χ0) is 15.2. The Morgan fingerprint density at radius 3 is 2.77 bits per heavy atom. The molecule has 6 nitrogen and oxygen atoms in total. The van der Waals surface area contributed by atoms with Crippen LogP contribution < -0.4 is 15.4 Å². The molecule has 3 aliphatic rings. The van der Waals surface area contributed by atoms with E-state index in [2.05, 4.69) is 10.6 Å². The highest BCUT2D eigenvalue weighted by atomic mass is 16.5. The van der Waals surface area contributed by atoms with E-state index in [4.69, 9.17) is 4.74 Å². The van der Waals surface area contributed by atoms with Crippen LogP contribution in [0, 0.1) is 0 Å². The molecule has 0 bridgehead atoms. The molecule has 116 valence electrons. The van der Waals surface area contributed by atoms with Crippen LogP contribution in [0.1, 0.15) is 18.4 Å². The molecule has 0 aromatic heterocycles. The van der Waals surface area contributed by atoms with Gasteiger partial charge in [-0.1, -0.05) is 18.2 Å². The summed E-state index contributed by atoms with van der Waals surface area (Å²) in [5, 5.41) is 6.13. The Labute approximate surface area is 128 Å². The summed E-state index contributed by atoms with van der Waals surface area (Å²) in [5.41, 5.74) is 0.435. The Balaban J connectivity index is 1.48. The Hall–Kier alpha value is -2.08. The number of carbonyl (C=O) groups excluding carboxylic acids is 2. The highest BCUT2D eigenvalue weighted by molar-refractivity contribution is 6.07. The molecule has 2 fully saturated rings. The van der Waals surface area contributed by atoms with Crippen molar-refractivity contribution in [3.05, 3.63) is 29.8 Å². The van der Waals surface area contributed by atoms with E-state index >= 15 is 0 Å². The molecule has 4 rings (SSSR count). The maximum atomic E-state index is 12.7. The van der Waals surface area contributed by atoms with Crippen LogP contribution in [0.3, 0.4) is 0 Å². The van der Waals surface area contributed by atoms with E-state index in [1.165, 1.54) is 4.90 Å². The largest absolute Gasteiger partial charge is 0.488 e. The topological polar surface area (TPSA) is 70.7 Å². The number of carbonyl (C=O) groups is 2. The second kappa shape index (κ2) is 4.98. The number of rotatable bonds is 2. The number of imide groups is 1. The molecule has 1 atom stereocenters. The van der Waals surface area contributed by atoms with Gasteiger partial charge in [0.2, 0.25) is 0 Å². The summed E-state index contributed by atoms with van der Waals surface area (Å²) < 4.78 is 5.86. The van der Waals surface area contributed by atoms with Crippen molar-refractivity contribution in [1.29, 1.82) is 0 Å². The van der Waals surface area contributed by atoms with E-state index in [0.717, 1.165) is 30.8 Å². The third kappa shape index (κ3) is 2.06. The summed E-state index contributed by atoms with van der Waals surface area (Å²) in [6.07, 6.45) is 1.89. The van der Waals surface area contributed by atoms with Gasteiger partial charge in [0.15, 0.2) is 0 Å². The zero-order valence-corrected chi connectivity index (χ0v) is 12.3. The van der Waals surface area contributed by atoms with Gasteiger partial charge in [-0.3, -0.25) is 9.69 Å². The van der Waals surface area contributed by atoms with Crippen molar-refractivity contribution in [1.82, 2.24) is 15.5 Å². The maximum absolute atomic E-state index is 12.7. The number of ether oxygens (including phenoxy) is 1. The standard InChI is InChI=1S/C16H19N3O3/c20-14-16(5-7-17-8-6-16)18-15(21)19(14)10-12-9-11-3-1-2-4-13(11)22-12/h1-4,12,17H,5-10H2,(H,18,21)/t12-/m0/s1. The molecule has 6 heteroatoms. The van der Waals surface area contributed by atoms with Crippen molar-refractivity contribution in [3.8, 4) is 5.75 Å². The van der Waals surface area contributed by atoms with E-state index in [-0.39, 0.29) is 18.0 Å². The van der Waals surface area contributed by atoms with Crippen molar-refractivity contribution in [2.24, 2.45) is 0 Å². The second-order valence-corrected chi connectivity index (χ2v) is 6.23. The van der Waals surface area contributed by atoms with Crippen LogP contribution in [-0.2, 0) is 11.2 Å². The first-order valence-electron chi connectivity index (χ1n) is 7.77. The highest BCUT2D eigenvalue weighted by Gasteiger charge is 2.52. The number of hydrogen-bond acceptors (Lipinski definition) is 4. The molecule has 0 unspecified atom stereocenters. The van der Waals surface area contributed by atoms with Crippen LogP contribution in [0.5, 0.6) is 5.75 Å². The van der Waals surface area contributed by atoms with Crippen molar-refractivity contribution in [2.75, 3.05) is 19.6 Å². The summed E-state index contributed by atoms with van der Waals surface area (Å²) in [7, 11) is 0. The number of fused-ring (bicyclic) bond motifs is 1. The maximum Gasteiger partial charge on any atom is 0.325 e. The smallest absolute Gasteiger partial charge is 0.325 e. The molecule has 22 heavy (non-hydrogen) atoms. The van der Waals surface area contributed by atoms with E-state index in [0.29, 0.717) is 19.4 Å². The van der Waals surface area contributed by atoms with Gasteiger partial charge in [-0.05, 0) is 37.6 Å². The molecule has 3 amide bonds. The van der Waals surface area contributed by atoms with E-state index in [1.807, 2.05) is 24.3 Å². The number of hydrogen-bond donors (Lipinski definition) is 2. The molecule has 0 aliphatic carbocycles. The monoisotopic (exact) mass is 301 g/mol. The predicted octanol–water partition coefficient (Wildman–Crippen LogP) is 0.664. The molecule has 1 aromatic rings. The fourth-order valence-corrected chi connectivity index (χ4v) is 3.59.